The Morgan fingerprint density at radius 2 is 2.29 bits per heavy atom. The number of hydrogen-bond acceptors (Lipinski definition) is 4. The molecule has 0 atom stereocenters. The number of phenols is 1. The molecule has 0 fully saturated rings. The van der Waals surface area contributed by atoms with E-state index < -0.39 is 0 Å². The van der Waals surface area contributed by atoms with E-state index in [1.165, 1.54) is 13.0 Å². The summed E-state index contributed by atoms with van der Waals surface area (Å²) in [7, 11) is 0. The second kappa shape index (κ2) is 4.38. The number of amides is 1. The fourth-order valence-corrected chi connectivity index (χ4v) is 1.55. The summed E-state index contributed by atoms with van der Waals surface area (Å²) >= 11 is 4.85. The third kappa shape index (κ3) is 2.51. The topological polar surface area (TPSA) is 93.8 Å². The number of aromatic hydroxyl groups is 1. The summed E-state index contributed by atoms with van der Waals surface area (Å²) in [5.41, 5.74) is 1.03. The molecule has 1 aromatic carbocycles. The molecule has 1 heterocycles. The number of carbonyl (C=O) groups excluding carboxylic acids is 1. The number of aromatic nitrogens is 3. The van der Waals surface area contributed by atoms with E-state index in [4.69, 9.17) is 12.2 Å². The third-order valence-corrected chi connectivity index (χ3v) is 2.27. The number of aromatic amines is 2. The van der Waals surface area contributed by atoms with Crippen LogP contribution in [0.3, 0.4) is 0 Å². The van der Waals surface area contributed by atoms with Crippen LogP contribution in [0.5, 0.6) is 5.75 Å². The van der Waals surface area contributed by atoms with Crippen molar-refractivity contribution in [3.05, 3.63) is 23.0 Å². The summed E-state index contributed by atoms with van der Waals surface area (Å²) in [6.07, 6.45) is 0. The maximum atomic E-state index is 10.9. The van der Waals surface area contributed by atoms with Crippen LogP contribution in [0, 0.1) is 4.77 Å². The van der Waals surface area contributed by atoms with Gasteiger partial charge in [-0.15, -0.1) is 0 Å². The lowest BCUT2D eigenvalue weighted by atomic mass is 10.1. The molecule has 0 saturated carbocycles. The molecule has 2 aromatic rings. The van der Waals surface area contributed by atoms with Crippen LogP contribution in [-0.2, 0) is 4.79 Å². The monoisotopic (exact) mass is 250 g/mol. The maximum Gasteiger partial charge on any atom is 0.221 e. The Hall–Kier alpha value is -2.15. The van der Waals surface area contributed by atoms with Crippen molar-refractivity contribution in [1.29, 1.82) is 0 Å². The van der Waals surface area contributed by atoms with E-state index in [9.17, 15) is 9.90 Å². The first kappa shape index (κ1) is 11.3. The van der Waals surface area contributed by atoms with Gasteiger partial charge >= 0.3 is 0 Å². The Balaban J connectivity index is 2.38. The normalized spacial score (nSPS) is 10.2. The van der Waals surface area contributed by atoms with E-state index in [-0.39, 0.29) is 11.7 Å². The van der Waals surface area contributed by atoms with Crippen LogP contribution in [0.15, 0.2) is 18.2 Å². The molecule has 2 rings (SSSR count). The van der Waals surface area contributed by atoms with Crippen LogP contribution < -0.4 is 5.32 Å². The molecular weight excluding hydrogens is 240 g/mol. The van der Waals surface area contributed by atoms with Gasteiger partial charge in [0.15, 0.2) is 10.6 Å². The third-order valence-electron chi connectivity index (χ3n) is 2.07. The highest BCUT2D eigenvalue weighted by Crippen LogP contribution is 2.28. The van der Waals surface area contributed by atoms with Gasteiger partial charge < -0.3 is 15.4 Å². The smallest absolute Gasteiger partial charge is 0.221 e. The van der Waals surface area contributed by atoms with Gasteiger partial charge in [-0.05, 0) is 24.4 Å². The average molecular weight is 250 g/mol. The minimum absolute atomic E-state index is 0.00833. The molecule has 4 N–H and O–H groups in total. The molecule has 0 saturated heterocycles. The average Bonchev–Trinajstić information content (AvgIpc) is 2.64. The van der Waals surface area contributed by atoms with Crippen LogP contribution >= 0.6 is 12.2 Å². The number of rotatable bonds is 2. The molecule has 0 spiro atoms. The summed E-state index contributed by atoms with van der Waals surface area (Å²) in [6.45, 7) is 1.40. The summed E-state index contributed by atoms with van der Waals surface area (Å²) in [6, 6.07) is 4.76. The molecular formula is C10H10N4O2S. The largest absolute Gasteiger partial charge is 0.507 e. The fourth-order valence-electron chi connectivity index (χ4n) is 1.41. The van der Waals surface area contributed by atoms with Crippen LogP contribution in [0.2, 0.25) is 0 Å². The van der Waals surface area contributed by atoms with Gasteiger partial charge in [0, 0.05) is 18.7 Å². The highest BCUT2D eigenvalue weighted by molar-refractivity contribution is 7.71. The van der Waals surface area contributed by atoms with Crippen molar-refractivity contribution in [1.82, 2.24) is 15.2 Å². The van der Waals surface area contributed by atoms with Crippen molar-refractivity contribution in [2.45, 2.75) is 6.92 Å². The lowest BCUT2D eigenvalue weighted by Gasteiger charge is -2.05. The van der Waals surface area contributed by atoms with Crippen molar-refractivity contribution < 1.29 is 9.90 Å². The number of carbonyl (C=O) groups is 1. The zero-order valence-electron chi connectivity index (χ0n) is 8.94. The number of nitrogens with one attached hydrogen (secondary N) is 3. The van der Waals surface area contributed by atoms with Crippen molar-refractivity contribution >= 4 is 23.8 Å². The van der Waals surface area contributed by atoms with E-state index >= 15 is 0 Å². The number of hydrogen-bond donors (Lipinski definition) is 4. The summed E-state index contributed by atoms with van der Waals surface area (Å²) in [4.78, 5) is 13.6. The molecule has 0 bridgehead atoms. The summed E-state index contributed by atoms with van der Waals surface area (Å²) < 4.78 is 0.380. The van der Waals surface area contributed by atoms with E-state index in [0.29, 0.717) is 21.8 Å². The second-order valence-corrected chi connectivity index (χ2v) is 3.85. The summed E-state index contributed by atoms with van der Waals surface area (Å²) in [5, 5.41) is 18.9. The SMILES string of the molecule is CC(=O)Nc1ccc(-c2n[nH]c(=S)[nH]2)c(O)c1. The Morgan fingerprint density at radius 3 is 2.82 bits per heavy atom. The van der Waals surface area contributed by atoms with Gasteiger partial charge in [-0.25, -0.2) is 0 Å². The van der Waals surface area contributed by atoms with E-state index in [0.717, 1.165) is 0 Å². The molecule has 1 amide bonds. The molecule has 0 aliphatic heterocycles. The lowest BCUT2D eigenvalue weighted by Crippen LogP contribution is -2.05. The number of nitrogens with zero attached hydrogens (tertiary/aromatic N) is 1. The molecule has 0 unspecified atom stereocenters. The molecule has 17 heavy (non-hydrogen) atoms. The van der Waals surface area contributed by atoms with E-state index in [1.54, 1.807) is 12.1 Å². The fraction of sp³-hybridized carbons (Fsp3) is 0.100. The minimum atomic E-state index is -0.198. The quantitative estimate of drug-likeness (QED) is 0.611. The first-order valence-corrected chi connectivity index (χ1v) is 5.23. The van der Waals surface area contributed by atoms with Gasteiger partial charge in [-0.2, -0.15) is 5.10 Å². The van der Waals surface area contributed by atoms with Gasteiger partial charge in [0.25, 0.3) is 0 Å². The molecule has 6 nitrogen and oxygen atoms in total. The van der Waals surface area contributed by atoms with E-state index in [1.807, 2.05) is 0 Å². The Morgan fingerprint density at radius 1 is 1.53 bits per heavy atom. The second-order valence-electron chi connectivity index (χ2n) is 3.44. The van der Waals surface area contributed by atoms with Crippen molar-refractivity contribution in [3.63, 3.8) is 0 Å². The van der Waals surface area contributed by atoms with Gasteiger partial charge in [-0.1, -0.05) is 0 Å². The van der Waals surface area contributed by atoms with Crippen molar-refractivity contribution in [2.75, 3.05) is 5.32 Å². The van der Waals surface area contributed by atoms with Crippen LogP contribution in [0.25, 0.3) is 11.4 Å². The highest BCUT2D eigenvalue weighted by Gasteiger charge is 2.08. The molecule has 0 radical (unpaired) electrons. The molecule has 88 valence electrons. The predicted molar refractivity (Wildman–Crippen MR) is 65.2 cm³/mol. The number of anilines is 1. The zero-order valence-corrected chi connectivity index (χ0v) is 9.76. The standard InChI is InChI=1S/C10H10N4O2S/c1-5(15)11-6-2-3-7(8(16)4-6)9-12-10(17)14-13-9/h2-4,16H,1H3,(H,11,15)(H2,12,13,14,17). The zero-order chi connectivity index (χ0) is 12.4. The number of phenolic OH excluding ortho intramolecular Hbond substituents is 1. The number of benzene rings is 1. The lowest BCUT2D eigenvalue weighted by molar-refractivity contribution is -0.114. The van der Waals surface area contributed by atoms with Gasteiger partial charge in [0.2, 0.25) is 5.91 Å². The maximum absolute atomic E-state index is 10.9. The predicted octanol–water partition coefficient (Wildman–Crippen LogP) is 1.80. The van der Waals surface area contributed by atoms with Crippen molar-refractivity contribution in [3.8, 4) is 17.1 Å². The Labute approximate surface area is 102 Å². The van der Waals surface area contributed by atoms with Gasteiger partial charge in [-0.3, -0.25) is 9.89 Å². The first-order chi connectivity index (χ1) is 8.06. The molecule has 1 aromatic heterocycles. The highest BCUT2D eigenvalue weighted by atomic mass is 32.1. The number of H-pyrrole nitrogens is 2. The molecule has 7 heteroatoms. The van der Waals surface area contributed by atoms with E-state index in [2.05, 4.69) is 20.5 Å². The molecule has 0 aliphatic carbocycles. The van der Waals surface area contributed by atoms with Gasteiger partial charge in [0.1, 0.15) is 5.75 Å². The van der Waals surface area contributed by atoms with Crippen LogP contribution in [0.4, 0.5) is 5.69 Å². The Bertz CT molecular complexity index is 617. The first-order valence-electron chi connectivity index (χ1n) is 4.82. The Kier molecular flexibility index (Phi) is 2.92. The summed E-state index contributed by atoms with van der Waals surface area (Å²) in [5.74, 6) is 0.257. The minimum Gasteiger partial charge on any atom is -0.507 e. The van der Waals surface area contributed by atoms with Gasteiger partial charge in [0.05, 0.1) is 5.56 Å². The molecule has 0 aliphatic rings. The van der Waals surface area contributed by atoms with Crippen LogP contribution in [-0.4, -0.2) is 26.2 Å². The van der Waals surface area contributed by atoms with Crippen LogP contribution in [0.1, 0.15) is 6.92 Å². The van der Waals surface area contributed by atoms with Crippen molar-refractivity contribution in [2.24, 2.45) is 0 Å².